The molecular formula is C24H24N2O6. The zero-order valence-electron chi connectivity index (χ0n) is 18.3. The van der Waals surface area contributed by atoms with Gasteiger partial charge in [-0.1, -0.05) is 12.1 Å². The number of fused-ring (bicyclic) bond motifs is 3. The van der Waals surface area contributed by atoms with E-state index in [0.29, 0.717) is 17.0 Å². The number of hydrogen-bond donors (Lipinski definition) is 2. The Morgan fingerprint density at radius 2 is 1.59 bits per heavy atom. The monoisotopic (exact) mass is 436 g/mol. The van der Waals surface area contributed by atoms with Gasteiger partial charge in [0.15, 0.2) is 5.58 Å². The van der Waals surface area contributed by atoms with E-state index in [2.05, 4.69) is 10.3 Å². The van der Waals surface area contributed by atoms with Gasteiger partial charge in [-0.3, -0.25) is 4.79 Å². The number of allylic oxidation sites excluding steroid dienone is 2. The van der Waals surface area contributed by atoms with Crippen molar-refractivity contribution in [1.29, 1.82) is 0 Å². The van der Waals surface area contributed by atoms with Crippen molar-refractivity contribution in [1.82, 2.24) is 10.3 Å². The minimum atomic E-state index is -0.999. The molecule has 32 heavy (non-hydrogen) atoms. The summed E-state index contributed by atoms with van der Waals surface area (Å²) in [6, 6.07) is 7.40. The molecule has 2 aromatic heterocycles. The van der Waals surface area contributed by atoms with Crippen molar-refractivity contribution in [3.05, 3.63) is 68.9 Å². The third-order valence-corrected chi connectivity index (χ3v) is 5.51. The normalized spacial score (nSPS) is 14.8. The molecule has 0 aliphatic carbocycles. The molecule has 0 unspecified atom stereocenters. The van der Waals surface area contributed by atoms with E-state index < -0.39 is 17.9 Å². The van der Waals surface area contributed by atoms with Gasteiger partial charge in [0, 0.05) is 27.9 Å². The molecule has 1 aliphatic heterocycles. The van der Waals surface area contributed by atoms with Gasteiger partial charge in [-0.2, -0.15) is 0 Å². The first kappa shape index (κ1) is 21.4. The lowest BCUT2D eigenvalue weighted by molar-refractivity contribution is -0.139. The third-order valence-electron chi connectivity index (χ3n) is 5.51. The lowest BCUT2D eigenvalue weighted by atomic mass is 9.81. The zero-order valence-corrected chi connectivity index (χ0v) is 18.3. The molecule has 1 aliphatic rings. The summed E-state index contributed by atoms with van der Waals surface area (Å²) in [6.07, 6.45) is 1.32. The van der Waals surface area contributed by atoms with Gasteiger partial charge in [0.1, 0.15) is 5.52 Å². The van der Waals surface area contributed by atoms with Crippen molar-refractivity contribution in [2.45, 2.75) is 33.6 Å². The van der Waals surface area contributed by atoms with Crippen LogP contribution in [0.5, 0.6) is 0 Å². The highest BCUT2D eigenvalue weighted by Gasteiger charge is 2.40. The van der Waals surface area contributed by atoms with Crippen LogP contribution < -0.4 is 10.7 Å². The number of dihydropyridines is 1. The molecule has 3 heterocycles. The van der Waals surface area contributed by atoms with Gasteiger partial charge in [-0.25, -0.2) is 9.59 Å². The lowest BCUT2D eigenvalue weighted by Gasteiger charge is -2.29. The van der Waals surface area contributed by atoms with Gasteiger partial charge in [-0.05, 0) is 39.8 Å². The van der Waals surface area contributed by atoms with Crippen LogP contribution in [0.15, 0.2) is 62.3 Å². The molecule has 0 amide bonds. The fourth-order valence-corrected chi connectivity index (χ4v) is 4.18. The number of ether oxygens (including phenoxy) is 2. The first-order valence-electron chi connectivity index (χ1n) is 10.4. The first-order chi connectivity index (χ1) is 15.4. The molecule has 0 spiro atoms. The summed E-state index contributed by atoms with van der Waals surface area (Å²) in [5, 5.41) is 3.82. The summed E-state index contributed by atoms with van der Waals surface area (Å²) < 4.78 is 16.4. The van der Waals surface area contributed by atoms with Crippen LogP contribution in [-0.4, -0.2) is 30.1 Å². The molecule has 0 saturated carbocycles. The minimum absolute atomic E-state index is 0.148. The second-order valence-corrected chi connectivity index (χ2v) is 7.47. The summed E-state index contributed by atoms with van der Waals surface area (Å²) >= 11 is 0. The van der Waals surface area contributed by atoms with Crippen LogP contribution in [0.25, 0.3) is 22.0 Å². The Morgan fingerprint density at radius 3 is 2.19 bits per heavy atom. The Kier molecular flexibility index (Phi) is 5.61. The van der Waals surface area contributed by atoms with Crippen LogP contribution in [0, 0.1) is 0 Å². The lowest BCUT2D eigenvalue weighted by Crippen LogP contribution is -2.34. The summed E-state index contributed by atoms with van der Waals surface area (Å²) in [5.74, 6) is -2.23. The number of esters is 2. The Labute approximate surface area is 183 Å². The standard InChI is InChI=1S/C24H24N2O6/c1-5-30-23(28)17-12(3)25-13(4)18(24(29)31-6-2)19(17)15-11-32-22-14-9-7-8-10-16(14)26-20(22)21(15)27/h7-11,19,25-26H,5-6H2,1-4H3. The minimum Gasteiger partial charge on any atom is -0.463 e. The van der Waals surface area contributed by atoms with Crippen molar-refractivity contribution in [2.75, 3.05) is 13.2 Å². The fraction of sp³-hybridized carbons (Fsp3) is 0.292. The summed E-state index contributed by atoms with van der Waals surface area (Å²) in [4.78, 5) is 42.5. The second-order valence-electron chi connectivity index (χ2n) is 7.47. The fourth-order valence-electron chi connectivity index (χ4n) is 4.18. The average Bonchev–Trinajstić information content (AvgIpc) is 3.13. The highest BCUT2D eigenvalue weighted by Crippen LogP contribution is 2.39. The quantitative estimate of drug-likeness (QED) is 0.588. The van der Waals surface area contributed by atoms with Gasteiger partial charge < -0.3 is 24.2 Å². The van der Waals surface area contributed by atoms with Crippen molar-refractivity contribution < 1.29 is 23.5 Å². The number of aromatic amines is 1. The molecule has 8 heteroatoms. The van der Waals surface area contributed by atoms with E-state index in [4.69, 9.17) is 13.9 Å². The van der Waals surface area contributed by atoms with E-state index in [9.17, 15) is 14.4 Å². The molecule has 1 aromatic carbocycles. The number of para-hydroxylation sites is 1. The molecule has 0 saturated heterocycles. The molecule has 8 nitrogen and oxygen atoms in total. The number of H-pyrrole nitrogens is 1. The number of hydrogen-bond acceptors (Lipinski definition) is 7. The molecule has 2 N–H and O–H groups in total. The largest absolute Gasteiger partial charge is 0.463 e. The van der Waals surface area contributed by atoms with Crippen molar-refractivity contribution >= 4 is 33.9 Å². The van der Waals surface area contributed by atoms with Crippen LogP contribution in [-0.2, 0) is 19.1 Å². The highest BCUT2D eigenvalue weighted by atomic mass is 16.5. The molecule has 3 aromatic rings. The van der Waals surface area contributed by atoms with Crippen molar-refractivity contribution in [2.24, 2.45) is 0 Å². The molecular weight excluding hydrogens is 412 g/mol. The number of aromatic nitrogens is 1. The van der Waals surface area contributed by atoms with Crippen LogP contribution in [0.2, 0.25) is 0 Å². The van der Waals surface area contributed by atoms with Crippen LogP contribution in [0.3, 0.4) is 0 Å². The Bertz CT molecular complexity index is 1320. The van der Waals surface area contributed by atoms with E-state index in [1.54, 1.807) is 27.7 Å². The van der Waals surface area contributed by atoms with Gasteiger partial charge in [0.2, 0.25) is 5.43 Å². The molecule has 0 radical (unpaired) electrons. The van der Waals surface area contributed by atoms with Crippen molar-refractivity contribution in [3.63, 3.8) is 0 Å². The van der Waals surface area contributed by atoms with E-state index in [1.807, 2.05) is 24.3 Å². The van der Waals surface area contributed by atoms with Gasteiger partial charge in [-0.15, -0.1) is 0 Å². The van der Waals surface area contributed by atoms with Crippen LogP contribution >= 0.6 is 0 Å². The average molecular weight is 436 g/mol. The van der Waals surface area contributed by atoms with Crippen LogP contribution in [0.1, 0.15) is 39.2 Å². The molecule has 166 valence electrons. The first-order valence-corrected chi connectivity index (χ1v) is 10.4. The maximum absolute atomic E-state index is 13.6. The molecule has 0 fully saturated rings. The van der Waals surface area contributed by atoms with Gasteiger partial charge >= 0.3 is 11.9 Å². The Balaban J connectivity index is 1.99. The van der Waals surface area contributed by atoms with E-state index >= 15 is 0 Å². The smallest absolute Gasteiger partial charge is 0.336 e. The predicted molar refractivity (Wildman–Crippen MR) is 119 cm³/mol. The van der Waals surface area contributed by atoms with E-state index in [1.165, 1.54) is 6.26 Å². The molecule has 0 atom stereocenters. The van der Waals surface area contributed by atoms with Gasteiger partial charge in [0.05, 0.1) is 36.5 Å². The number of carbonyl (C=O) groups excluding carboxylic acids is 2. The topological polar surface area (TPSA) is 111 Å². The van der Waals surface area contributed by atoms with E-state index in [0.717, 1.165) is 10.9 Å². The molecule has 4 rings (SSSR count). The summed E-state index contributed by atoms with van der Waals surface area (Å²) in [7, 11) is 0. The number of benzene rings is 1. The summed E-state index contributed by atoms with van der Waals surface area (Å²) in [5.41, 5.74) is 2.55. The van der Waals surface area contributed by atoms with Crippen molar-refractivity contribution in [3.8, 4) is 0 Å². The maximum atomic E-state index is 13.6. The SMILES string of the molecule is CCOC(=O)C1=C(C)NC(C)=C(C(=O)OCC)C1c1coc2c([nH]c3ccccc32)c1=O. The predicted octanol–water partition coefficient (Wildman–Crippen LogP) is 3.64. The zero-order chi connectivity index (χ0) is 23.0. The maximum Gasteiger partial charge on any atom is 0.336 e. The Hall–Kier alpha value is -3.81. The summed E-state index contributed by atoms with van der Waals surface area (Å²) in [6.45, 7) is 7.08. The number of carbonyl (C=O) groups is 2. The molecule has 0 bridgehead atoms. The third kappa shape index (κ3) is 3.37. The number of nitrogens with one attached hydrogen (secondary N) is 2. The van der Waals surface area contributed by atoms with Gasteiger partial charge in [0.25, 0.3) is 0 Å². The highest BCUT2D eigenvalue weighted by molar-refractivity contribution is 6.04. The Morgan fingerprint density at radius 1 is 1.00 bits per heavy atom. The second kappa shape index (κ2) is 8.37. The number of rotatable bonds is 5. The van der Waals surface area contributed by atoms with Crippen LogP contribution in [0.4, 0.5) is 0 Å². The van der Waals surface area contributed by atoms with E-state index in [-0.39, 0.29) is 40.9 Å².